The maximum atomic E-state index is 10.6. The zero-order valence-corrected chi connectivity index (χ0v) is 7.85. The van der Waals surface area contributed by atoms with Crippen molar-refractivity contribution >= 4 is 23.1 Å². The smallest absolute Gasteiger partial charge is 0.308 e. The van der Waals surface area contributed by atoms with Crippen molar-refractivity contribution in [1.29, 1.82) is 0 Å². The topological polar surface area (TPSA) is 26.3 Å². The van der Waals surface area contributed by atoms with Crippen LogP contribution in [0.5, 0.6) is 0 Å². The Balaban J connectivity index is 2.78. The average molecular weight is 182 g/mol. The van der Waals surface area contributed by atoms with Crippen molar-refractivity contribution in [3.8, 4) is 0 Å². The van der Waals surface area contributed by atoms with Crippen LogP contribution in [0.4, 0.5) is 0 Å². The van der Waals surface area contributed by atoms with Crippen LogP contribution in [0.3, 0.4) is 0 Å². The number of thiophene rings is 1. The van der Waals surface area contributed by atoms with Crippen LogP contribution in [0.25, 0.3) is 5.76 Å². The lowest BCUT2D eigenvalue weighted by Crippen LogP contribution is -1.96. The summed E-state index contributed by atoms with van der Waals surface area (Å²) >= 11 is 1.55. The fraction of sp³-hybridized carbons (Fsp3) is 0.222. The van der Waals surface area contributed by atoms with Crippen LogP contribution in [0.2, 0.25) is 0 Å². The van der Waals surface area contributed by atoms with Crippen LogP contribution < -0.4 is 0 Å². The number of esters is 1. The molecule has 0 atom stereocenters. The molecule has 1 aromatic rings. The molecule has 0 unspecified atom stereocenters. The molecular formula is C9H10O2S. The highest BCUT2D eigenvalue weighted by Crippen LogP contribution is 2.20. The molecule has 0 fully saturated rings. The minimum absolute atomic E-state index is 0.281. The van der Waals surface area contributed by atoms with Gasteiger partial charge in [-0.1, -0.05) is 6.07 Å². The highest BCUT2D eigenvalue weighted by atomic mass is 32.1. The highest BCUT2D eigenvalue weighted by molar-refractivity contribution is 7.11. The van der Waals surface area contributed by atoms with E-state index in [2.05, 4.69) is 0 Å². The van der Waals surface area contributed by atoms with E-state index in [4.69, 9.17) is 4.74 Å². The Hall–Kier alpha value is -1.09. The summed E-state index contributed by atoms with van der Waals surface area (Å²) in [6.45, 7) is 3.25. The van der Waals surface area contributed by atoms with Crippen LogP contribution in [-0.2, 0) is 9.53 Å². The molecule has 0 radical (unpaired) electrons. The normalized spacial score (nSPS) is 11.3. The predicted octanol–water partition coefficient (Wildman–Crippen LogP) is 2.67. The summed E-state index contributed by atoms with van der Waals surface area (Å²) in [6.07, 6.45) is 1.78. The van der Waals surface area contributed by atoms with Crippen molar-refractivity contribution < 1.29 is 9.53 Å². The van der Waals surface area contributed by atoms with Gasteiger partial charge in [0.1, 0.15) is 5.76 Å². The second-order valence-corrected chi connectivity index (χ2v) is 3.17. The van der Waals surface area contributed by atoms with E-state index < -0.39 is 0 Å². The number of carbonyl (C=O) groups excluding carboxylic acids is 1. The van der Waals surface area contributed by atoms with Gasteiger partial charge in [0, 0.05) is 6.92 Å². The Morgan fingerprint density at radius 1 is 1.67 bits per heavy atom. The Morgan fingerprint density at radius 3 is 2.83 bits per heavy atom. The van der Waals surface area contributed by atoms with Gasteiger partial charge in [0.2, 0.25) is 0 Å². The van der Waals surface area contributed by atoms with Crippen LogP contribution in [0.1, 0.15) is 18.7 Å². The molecule has 0 aliphatic heterocycles. The molecule has 0 N–H and O–H groups in total. The van der Waals surface area contributed by atoms with E-state index in [1.54, 1.807) is 17.4 Å². The quantitative estimate of drug-likeness (QED) is 0.519. The van der Waals surface area contributed by atoms with E-state index in [1.807, 2.05) is 24.4 Å². The van der Waals surface area contributed by atoms with Gasteiger partial charge in [-0.3, -0.25) is 4.79 Å². The van der Waals surface area contributed by atoms with Gasteiger partial charge >= 0.3 is 5.97 Å². The number of ether oxygens (including phenoxy) is 1. The van der Waals surface area contributed by atoms with Crippen LogP contribution in [-0.4, -0.2) is 5.97 Å². The van der Waals surface area contributed by atoms with Crippen LogP contribution in [0, 0.1) is 0 Å². The van der Waals surface area contributed by atoms with E-state index >= 15 is 0 Å². The molecule has 64 valence electrons. The van der Waals surface area contributed by atoms with Crippen molar-refractivity contribution in [2.45, 2.75) is 13.8 Å². The monoisotopic (exact) mass is 182 g/mol. The Kier molecular flexibility index (Phi) is 3.05. The number of hydrogen-bond acceptors (Lipinski definition) is 3. The van der Waals surface area contributed by atoms with E-state index in [9.17, 15) is 4.79 Å². The van der Waals surface area contributed by atoms with E-state index in [-0.39, 0.29) is 5.97 Å². The lowest BCUT2D eigenvalue weighted by atomic mass is 10.4. The minimum atomic E-state index is -0.281. The summed E-state index contributed by atoms with van der Waals surface area (Å²) in [5.41, 5.74) is 0. The van der Waals surface area contributed by atoms with E-state index in [1.165, 1.54) is 6.92 Å². The second-order valence-electron chi connectivity index (χ2n) is 2.22. The maximum Gasteiger partial charge on any atom is 0.308 e. The molecule has 1 heterocycles. The molecule has 0 aliphatic carbocycles. The molecule has 0 aromatic carbocycles. The molecule has 0 bridgehead atoms. The van der Waals surface area contributed by atoms with Gasteiger partial charge in [-0.15, -0.1) is 11.3 Å². The van der Waals surface area contributed by atoms with Crippen LogP contribution >= 0.6 is 11.3 Å². The minimum Gasteiger partial charge on any atom is -0.426 e. The van der Waals surface area contributed by atoms with Gasteiger partial charge in [-0.05, 0) is 24.4 Å². The molecule has 2 nitrogen and oxygen atoms in total. The van der Waals surface area contributed by atoms with E-state index in [0.29, 0.717) is 5.76 Å². The fourth-order valence-corrected chi connectivity index (χ4v) is 1.56. The third-order valence-electron chi connectivity index (χ3n) is 1.28. The average Bonchev–Trinajstić information content (AvgIpc) is 2.51. The Morgan fingerprint density at radius 2 is 2.42 bits per heavy atom. The van der Waals surface area contributed by atoms with Gasteiger partial charge in [0.05, 0.1) is 4.88 Å². The van der Waals surface area contributed by atoms with Gasteiger partial charge in [-0.2, -0.15) is 0 Å². The maximum absolute atomic E-state index is 10.6. The summed E-state index contributed by atoms with van der Waals surface area (Å²) in [4.78, 5) is 11.6. The van der Waals surface area contributed by atoms with Crippen molar-refractivity contribution in [2.24, 2.45) is 0 Å². The number of hydrogen-bond donors (Lipinski definition) is 0. The number of carbonyl (C=O) groups is 1. The summed E-state index contributed by atoms with van der Waals surface area (Å²) in [5, 5.41) is 1.95. The Bertz CT molecular complexity index is 285. The summed E-state index contributed by atoms with van der Waals surface area (Å²) in [6, 6.07) is 3.84. The number of rotatable bonds is 2. The molecule has 12 heavy (non-hydrogen) atoms. The van der Waals surface area contributed by atoms with Crippen molar-refractivity contribution in [3.05, 3.63) is 28.5 Å². The van der Waals surface area contributed by atoms with Gasteiger partial charge in [0.15, 0.2) is 0 Å². The summed E-state index contributed by atoms with van der Waals surface area (Å²) in [7, 11) is 0. The lowest BCUT2D eigenvalue weighted by molar-refractivity contribution is -0.134. The summed E-state index contributed by atoms with van der Waals surface area (Å²) < 4.78 is 4.98. The largest absolute Gasteiger partial charge is 0.426 e. The first-order valence-corrected chi connectivity index (χ1v) is 4.50. The Labute approximate surface area is 75.5 Å². The highest BCUT2D eigenvalue weighted by Gasteiger charge is 2.04. The molecule has 0 aliphatic rings. The summed E-state index contributed by atoms with van der Waals surface area (Å²) in [5.74, 6) is 0.356. The number of allylic oxidation sites excluding steroid dienone is 1. The standard InChI is InChI=1S/C9H10O2S/c1-3-8(11-7(2)10)9-5-4-6-12-9/h3-6H,1-2H3/b8-3-. The molecular weight excluding hydrogens is 172 g/mol. The molecule has 0 saturated heterocycles. The van der Waals surface area contributed by atoms with Crippen molar-refractivity contribution in [1.82, 2.24) is 0 Å². The SMILES string of the molecule is C/C=C(\OC(C)=O)c1cccs1. The van der Waals surface area contributed by atoms with Crippen molar-refractivity contribution in [2.75, 3.05) is 0 Å². The van der Waals surface area contributed by atoms with Crippen molar-refractivity contribution in [3.63, 3.8) is 0 Å². The molecule has 1 rings (SSSR count). The molecule has 0 amide bonds. The third-order valence-corrected chi connectivity index (χ3v) is 2.16. The fourth-order valence-electron chi connectivity index (χ4n) is 0.825. The first kappa shape index (κ1) is 9.00. The van der Waals surface area contributed by atoms with Crippen LogP contribution in [0.15, 0.2) is 23.6 Å². The van der Waals surface area contributed by atoms with Gasteiger partial charge < -0.3 is 4.74 Å². The first-order valence-electron chi connectivity index (χ1n) is 3.62. The molecule has 1 aromatic heterocycles. The zero-order valence-electron chi connectivity index (χ0n) is 7.03. The second kappa shape index (κ2) is 4.07. The van der Waals surface area contributed by atoms with Gasteiger partial charge in [-0.25, -0.2) is 0 Å². The zero-order chi connectivity index (χ0) is 8.97. The first-order chi connectivity index (χ1) is 5.74. The lowest BCUT2D eigenvalue weighted by Gasteiger charge is -2.02. The third kappa shape index (κ3) is 2.20. The van der Waals surface area contributed by atoms with E-state index in [0.717, 1.165) is 4.88 Å². The van der Waals surface area contributed by atoms with Gasteiger partial charge in [0.25, 0.3) is 0 Å². The molecule has 0 spiro atoms. The molecule has 0 saturated carbocycles. The molecule has 3 heteroatoms. The predicted molar refractivity (Wildman–Crippen MR) is 49.7 cm³/mol.